The highest BCUT2D eigenvalue weighted by Crippen LogP contribution is 2.17. The molecule has 3 nitrogen and oxygen atoms in total. The third-order valence-electron chi connectivity index (χ3n) is 3.17. The average molecular weight is 315 g/mol. The molecule has 1 N–H and O–H groups in total. The van der Waals surface area contributed by atoms with Gasteiger partial charge in [-0.3, -0.25) is 4.79 Å². The number of carbonyl (C=O) groups is 1. The molecule has 22 heavy (non-hydrogen) atoms. The second-order valence-corrected chi connectivity index (χ2v) is 6.23. The van der Waals surface area contributed by atoms with Crippen molar-refractivity contribution in [2.45, 2.75) is 18.7 Å². The minimum atomic E-state index is -0.0900. The van der Waals surface area contributed by atoms with Crippen molar-refractivity contribution in [1.82, 2.24) is 5.32 Å². The summed E-state index contributed by atoms with van der Waals surface area (Å²) in [7, 11) is 0. The van der Waals surface area contributed by atoms with Gasteiger partial charge in [0.25, 0.3) is 5.91 Å². The predicted octanol–water partition coefficient (Wildman–Crippen LogP) is 3.59. The molecule has 1 amide bonds. The van der Waals surface area contributed by atoms with Crippen LogP contribution >= 0.6 is 11.8 Å². The lowest BCUT2D eigenvalue weighted by molar-refractivity contribution is -0.122. The summed E-state index contributed by atoms with van der Waals surface area (Å²) >= 11 is 1.73. The lowest BCUT2D eigenvalue weighted by Crippen LogP contribution is -2.30. The smallest absolute Gasteiger partial charge is 0.257 e. The number of hydrogen-bond donors (Lipinski definition) is 1. The number of amides is 1. The summed E-state index contributed by atoms with van der Waals surface area (Å²) in [6.07, 6.45) is 0. The Balaban J connectivity index is 1.64. The number of nitrogens with one attached hydrogen (secondary N) is 1. The van der Waals surface area contributed by atoms with E-state index in [4.69, 9.17) is 4.74 Å². The zero-order chi connectivity index (χ0) is 15.8. The number of thioether (sulfide) groups is 1. The van der Waals surface area contributed by atoms with Crippen molar-refractivity contribution in [3.63, 3.8) is 0 Å². The van der Waals surface area contributed by atoms with Crippen LogP contribution in [0.25, 0.3) is 0 Å². The van der Waals surface area contributed by atoms with Gasteiger partial charge in [-0.2, -0.15) is 0 Å². The Morgan fingerprint density at radius 3 is 2.55 bits per heavy atom. The van der Waals surface area contributed by atoms with E-state index in [1.807, 2.05) is 31.2 Å². The van der Waals surface area contributed by atoms with Gasteiger partial charge in [-0.1, -0.05) is 35.9 Å². The van der Waals surface area contributed by atoms with Gasteiger partial charge >= 0.3 is 0 Å². The quantitative estimate of drug-likeness (QED) is 0.627. The number of aryl methyl sites for hydroxylation is 2. The van der Waals surface area contributed by atoms with E-state index < -0.39 is 0 Å². The first-order valence-electron chi connectivity index (χ1n) is 7.30. The Kier molecular flexibility index (Phi) is 6.34. The van der Waals surface area contributed by atoms with Gasteiger partial charge in [-0.25, -0.2) is 0 Å². The van der Waals surface area contributed by atoms with Gasteiger partial charge < -0.3 is 10.1 Å². The molecule has 0 heterocycles. The van der Waals surface area contributed by atoms with Gasteiger partial charge in [0.1, 0.15) is 5.75 Å². The Morgan fingerprint density at radius 2 is 1.82 bits per heavy atom. The van der Waals surface area contributed by atoms with Crippen LogP contribution in [-0.4, -0.2) is 24.8 Å². The van der Waals surface area contributed by atoms with Crippen LogP contribution in [0.1, 0.15) is 11.1 Å². The van der Waals surface area contributed by atoms with E-state index in [1.165, 1.54) is 10.5 Å². The molecule has 0 fully saturated rings. The van der Waals surface area contributed by atoms with Crippen LogP contribution in [0.15, 0.2) is 53.4 Å². The number of ether oxygens (including phenoxy) is 1. The summed E-state index contributed by atoms with van der Waals surface area (Å²) in [6.45, 7) is 4.73. The van der Waals surface area contributed by atoms with Crippen molar-refractivity contribution >= 4 is 17.7 Å². The maximum atomic E-state index is 11.7. The first-order valence-corrected chi connectivity index (χ1v) is 8.28. The lowest BCUT2D eigenvalue weighted by atomic mass is 10.2. The van der Waals surface area contributed by atoms with Crippen molar-refractivity contribution < 1.29 is 9.53 Å². The van der Waals surface area contributed by atoms with E-state index in [0.29, 0.717) is 6.54 Å². The summed E-state index contributed by atoms with van der Waals surface area (Å²) in [5.41, 5.74) is 2.29. The Morgan fingerprint density at radius 1 is 1.09 bits per heavy atom. The zero-order valence-corrected chi connectivity index (χ0v) is 13.8. The van der Waals surface area contributed by atoms with Gasteiger partial charge in [0, 0.05) is 17.2 Å². The fraction of sp³-hybridized carbons (Fsp3) is 0.278. The number of carbonyl (C=O) groups excluding carboxylic acids is 1. The number of benzene rings is 2. The topological polar surface area (TPSA) is 38.3 Å². The third-order valence-corrected chi connectivity index (χ3v) is 4.18. The molecule has 0 atom stereocenters. The molecular formula is C18H21NO2S. The van der Waals surface area contributed by atoms with E-state index in [9.17, 15) is 4.79 Å². The molecule has 2 rings (SSSR count). The Hall–Kier alpha value is -1.94. The maximum absolute atomic E-state index is 11.7. The summed E-state index contributed by atoms with van der Waals surface area (Å²) in [5.74, 6) is 1.51. The fourth-order valence-corrected chi connectivity index (χ4v) is 2.67. The van der Waals surface area contributed by atoms with Crippen molar-refractivity contribution in [2.24, 2.45) is 0 Å². The fourth-order valence-electron chi connectivity index (χ4n) is 1.91. The van der Waals surface area contributed by atoms with Crippen LogP contribution in [0, 0.1) is 13.8 Å². The predicted molar refractivity (Wildman–Crippen MR) is 91.6 cm³/mol. The molecule has 0 aromatic heterocycles. The molecule has 2 aromatic rings. The average Bonchev–Trinajstić information content (AvgIpc) is 2.52. The SMILES string of the molecule is Cc1ccc(SCCNC(=O)COc2ccccc2C)cc1. The molecule has 0 bridgehead atoms. The van der Waals surface area contributed by atoms with Gasteiger partial charge in [0.15, 0.2) is 6.61 Å². The summed E-state index contributed by atoms with van der Waals surface area (Å²) < 4.78 is 5.51. The van der Waals surface area contributed by atoms with Gasteiger partial charge in [0.05, 0.1) is 0 Å². The molecule has 2 aromatic carbocycles. The highest BCUT2D eigenvalue weighted by Gasteiger charge is 2.04. The second kappa shape index (κ2) is 8.49. The normalized spacial score (nSPS) is 10.3. The summed E-state index contributed by atoms with van der Waals surface area (Å²) in [4.78, 5) is 13.0. The van der Waals surface area contributed by atoms with Crippen LogP contribution in [0.2, 0.25) is 0 Å². The van der Waals surface area contributed by atoms with E-state index in [-0.39, 0.29) is 12.5 Å². The van der Waals surface area contributed by atoms with Crippen molar-refractivity contribution in [1.29, 1.82) is 0 Å². The van der Waals surface area contributed by atoms with Crippen LogP contribution in [0.5, 0.6) is 5.75 Å². The minimum absolute atomic E-state index is 0.0556. The standard InChI is InChI=1S/C18H21NO2S/c1-14-7-9-16(10-8-14)22-12-11-19-18(20)13-21-17-6-4-3-5-15(17)2/h3-10H,11-13H2,1-2H3,(H,19,20). The van der Waals surface area contributed by atoms with E-state index >= 15 is 0 Å². The first kappa shape index (κ1) is 16.4. The van der Waals surface area contributed by atoms with Crippen molar-refractivity contribution in [3.05, 3.63) is 59.7 Å². The zero-order valence-electron chi connectivity index (χ0n) is 13.0. The largest absolute Gasteiger partial charge is 0.484 e. The van der Waals surface area contributed by atoms with Crippen LogP contribution in [0.3, 0.4) is 0 Å². The van der Waals surface area contributed by atoms with E-state index in [2.05, 4.69) is 36.5 Å². The lowest BCUT2D eigenvalue weighted by Gasteiger charge is -2.09. The molecule has 0 aliphatic carbocycles. The third kappa shape index (κ3) is 5.45. The monoisotopic (exact) mass is 315 g/mol. The molecule has 0 radical (unpaired) electrons. The molecule has 4 heteroatoms. The van der Waals surface area contributed by atoms with Crippen molar-refractivity contribution in [3.8, 4) is 5.75 Å². The highest BCUT2D eigenvalue weighted by atomic mass is 32.2. The molecular weight excluding hydrogens is 294 g/mol. The summed E-state index contributed by atoms with van der Waals surface area (Å²) in [5, 5.41) is 2.87. The number of hydrogen-bond acceptors (Lipinski definition) is 3. The number of para-hydroxylation sites is 1. The molecule has 116 valence electrons. The van der Waals surface area contributed by atoms with Crippen LogP contribution in [-0.2, 0) is 4.79 Å². The minimum Gasteiger partial charge on any atom is -0.484 e. The molecule has 0 spiro atoms. The van der Waals surface area contributed by atoms with E-state index in [0.717, 1.165) is 17.1 Å². The molecule has 0 saturated heterocycles. The van der Waals surface area contributed by atoms with Gasteiger partial charge in [-0.15, -0.1) is 11.8 Å². The maximum Gasteiger partial charge on any atom is 0.257 e. The number of rotatable bonds is 7. The summed E-state index contributed by atoms with van der Waals surface area (Å²) in [6, 6.07) is 16.1. The molecule has 0 aliphatic heterocycles. The molecule has 0 unspecified atom stereocenters. The highest BCUT2D eigenvalue weighted by molar-refractivity contribution is 7.99. The van der Waals surface area contributed by atoms with E-state index in [1.54, 1.807) is 11.8 Å². The van der Waals surface area contributed by atoms with Crippen LogP contribution < -0.4 is 10.1 Å². The van der Waals surface area contributed by atoms with Gasteiger partial charge in [0.2, 0.25) is 0 Å². The Bertz CT molecular complexity index is 611. The molecule has 0 aliphatic rings. The second-order valence-electron chi connectivity index (χ2n) is 5.07. The first-order chi connectivity index (χ1) is 10.6. The Labute approximate surface area is 136 Å². The van der Waals surface area contributed by atoms with Crippen LogP contribution in [0.4, 0.5) is 0 Å². The van der Waals surface area contributed by atoms with Gasteiger partial charge in [-0.05, 0) is 37.6 Å². The van der Waals surface area contributed by atoms with Crippen molar-refractivity contribution in [2.75, 3.05) is 18.9 Å². The molecule has 0 saturated carbocycles.